The lowest BCUT2D eigenvalue weighted by Gasteiger charge is -2.43. The Labute approximate surface area is 205 Å². The zero-order valence-corrected chi connectivity index (χ0v) is 21.0. The third kappa shape index (κ3) is 6.39. The van der Waals surface area contributed by atoms with Gasteiger partial charge in [0.15, 0.2) is 0 Å². The average molecular weight is 482 g/mol. The Kier molecular flexibility index (Phi) is 10.3. The molecule has 1 heterocycles. The van der Waals surface area contributed by atoms with E-state index in [-0.39, 0.29) is 30.7 Å². The van der Waals surface area contributed by atoms with E-state index in [2.05, 4.69) is 53.2 Å². The van der Waals surface area contributed by atoms with E-state index in [1.165, 1.54) is 17.5 Å². The first-order valence-corrected chi connectivity index (χ1v) is 11.4. The summed E-state index contributed by atoms with van der Waals surface area (Å²) in [7, 11) is 3.90. The molecule has 1 unspecified atom stereocenters. The Balaban J connectivity index is 0.00000181. The van der Waals surface area contributed by atoms with Crippen molar-refractivity contribution in [2.24, 2.45) is 0 Å². The van der Waals surface area contributed by atoms with Crippen LogP contribution in [0.5, 0.6) is 5.75 Å². The largest absolute Gasteiger partial charge is 0.497 e. The zero-order chi connectivity index (χ0) is 21.0. The van der Waals surface area contributed by atoms with E-state index in [0.29, 0.717) is 0 Å². The maximum Gasteiger partial charge on any atom is 0.119 e. The Hall–Kier alpha value is -1.30. The van der Waals surface area contributed by atoms with Gasteiger partial charge in [0.1, 0.15) is 5.75 Å². The number of nitrogens with zero attached hydrogens (tertiary/aromatic N) is 2. The molecule has 6 heteroatoms. The molecule has 178 valence electrons. The second kappa shape index (κ2) is 12.2. The van der Waals surface area contributed by atoms with Crippen molar-refractivity contribution in [3.05, 3.63) is 54.1 Å². The molecule has 1 N–H and O–H groups in total. The fraction of sp³-hybridized carbons (Fsp3) is 0.538. The maximum atomic E-state index is 11.7. The second-order valence-corrected chi connectivity index (χ2v) is 9.17. The number of piperazine rings is 1. The molecule has 0 aromatic heterocycles. The summed E-state index contributed by atoms with van der Waals surface area (Å²) in [6, 6.07) is 17.1. The van der Waals surface area contributed by atoms with Crippen LogP contribution in [0.25, 0.3) is 11.1 Å². The van der Waals surface area contributed by atoms with Crippen molar-refractivity contribution in [1.82, 2.24) is 9.80 Å². The summed E-state index contributed by atoms with van der Waals surface area (Å²) in [6.07, 6.45) is 5.36. The lowest BCUT2D eigenvalue weighted by molar-refractivity contribution is -0.0337. The first kappa shape index (κ1) is 26.9. The molecule has 0 spiro atoms. The first-order chi connectivity index (χ1) is 14.6. The first-order valence-electron chi connectivity index (χ1n) is 11.4. The molecule has 4 nitrogen and oxygen atoms in total. The standard InChI is InChI=1S/C26H36N2O2.2ClH/c1-27-15-17-28(18-16-27)20-25(26(29)13-4-3-5-14-26)22-11-9-21(10-12-22)23-7-6-8-24(19-23)30-2;;/h6-12,19,25,29H,3-5,13-18,20H2,1-2H3;2*1H. The predicted octanol–water partition coefficient (Wildman–Crippen LogP) is 5.23. The summed E-state index contributed by atoms with van der Waals surface area (Å²) < 4.78 is 5.38. The van der Waals surface area contributed by atoms with Gasteiger partial charge in [0.05, 0.1) is 12.7 Å². The number of aliphatic hydroxyl groups is 1. The molecule has 32 heavy (non-hydrogen) atoms. The van der Waals surface area contributed by atoms with Gasteiger partial charge in [0.2, 0.25) is 0 Å². The molecule has 2 aliphatic rings. The topological polar surface area (TPSA) is 35.9 Å². The van der Waals surface area contributed by atoms with Crippen LogP contribution in [0.1, 0.15) is 43.6 Å². The van der Waals surface area contributed by atoms with E-state index >= 15 is 0 Å². The van der Waals surface area contributed by atoms with E-state index in [4.69, 9.17) is 4.74 Å². The Morgan fingerprint density at radius 1 is 0.906 bits per heavy atom. The lowest BCUT2D eigenvalue weighted by atomic mass is 9.72. The van der Waals surface area contributed by atoms with Crippen LogP contribution < -0.4 is 4.74 Å². The highest BCUT2D eigenvalue weighted by molar-refractivity contribution is 5.85. The van der Waals surface area contributed by atoms with Crippen molar-refractivity contribution in [2.45, 2.75) is 43.6 Å². The molecular weight excluding hydrogens is 443 g/mol. The van der Waals surface area contributed by atoms with Crippen LogP contribution in [0.15, 0.2) is 48.5 Å². The minimum atomic E-state index is -0.584. The molecule has 1 atom stereocenters. The summed E-state index contributed by atoms with van der Waals surface area (Å²) in [6.45, 7) is 5.35. The molecule has 1 aliphatic carbocycles. The number of methoxy groups -OCH3 is 1. The molecule has 0 bridgehead atoms. The maximum absolute atomic E-state index is 11.7. The highest BCUT2D eigenvalue weighted by Gasteiger charge is 2.39. The minimum Gasteiger partial charge on any atom is -0.497 e. The number of ether oxygens (including phenoxy) is 1. The van der Waals surface area contributed by atoms with Gasteiger partial charge >= 0.3 is 0 Å². The van der Waals surface area contributed by atoms with E-state index in [1.807, 2.05) is 12.1 Å². The third-order valence-corrected chi connectivity index (χ3v) is 7.12. The highest BCUT2D eigenvalue weighted by Crippen LogP contribution is 2.41. The molecule has 1 aliphatic heterocycles. The summed E-state index contributed by atoms with van der Waals surface area (Å²) in [5, 5.41) is 11.7. The van der Waals surface area contributed by atoms with Crippen LogP contribution in [0, 0.1) is 0 Å². The van der Waals surface area contributed by atoms with Gasteiger partial charge in [0.25, 0.3) is 0 Å². The smallest absolute Gasteiger partial charge is 0.119 e. The minimum absolute atomic E-state index is 0. The molecule has 2 aromatic carbocycles. The number of halogens is 2. The van der Waals surface area contributed by atoms with Gasteiger partial charge in [-0.1, -0.05) is 55.7 Å². The number of benzene rings is 2. The number of hydrogen-bond acceptors (Lipinski definition) is 4. The van der Waals surface area contributed by atoms with Crippen molar-refractivity contribution in [3.63, 3.8) is 0 Å². The molecule has 1 saturated carbocycles. The van der Waals surface area contributed by atoms with Gasteiger partial charge in [-0.2, -0.15) is 0 Å². The lowest BCUT2D eigenvalue weighted by Crippen LogP contribution is -2.50. The second-order valence-electron chi connectivity index (χ2n) is 9.17. The average Bonchev–Trinajstić information content (AvgIpc) is 2.79. The van der Waals surface area contributed by atoms with Crippen LogP contribution >= 0.6 is 24.8 Å². The number of likely N-dealkylation sites (N-methyl/N-ethyl adjacent to an activating group) is 1. The normalized spacial score (nSPS) is 20.0. The van der Waals surface area contributed by atoms with Gasteiger partial charge in [-0.3, -0.25) is 0 Å². The van der Waals surface area contributed by atoms with Crippen LogP contribution in [0.3, 0.4) is 0 Å². The molecular formula is C26H38Cl2N2O2. The van der Waals surface area contributed by atoms with Gasteiger partial charge in [0, 0.05) is 38.6 Å². The van der Waals surface area contributed by atoms with Crippen molar-refractivity contribution >= 4 is 24.8 Å². The van der Waals surface area contributed by atoms with E-state index in [9.17, 15) is 5.11 Å². The summed E-state index contributed by atoms with van der Waals surface area (Å²) in [4.78, 5) is 4.94. The van der Waals surface area contributed by atoms with Crippen LogP contribution in [-0.2, 0) is 0 Å². The third-order valence-electron chi connectivity index (χ3n) is 7.12. The molecule has 1 saturated heterocycles. The van der Waals surface area contributed by atoms with Crippen molar-refractivity contribution in [3.8, 4) is 16.9 Å². The van der Waals surface area contributed by atoms with Gasteiger partial charge in [-0.05, 0) is 48.7 Å². The highest BCUT2D eigenvalue weighted by atomic mass is 35.5. The van der Waals surface area contributed by atoms with Gasteiger partial charge < -0.3 is 19.6 Å². The number of rotatable bonds is 6. The fourth-order valence-electron chi connectivity index (χ4n) is 5.10. The van der Waals surface area contributed by atoms with Crippen molar-refractivity contribution < 1.29 is 9.84 Å². The molecule has 4 rings (SSSR count). The summed E-state index contributed by atoms with van der Waals surface area (Å²) in [5.41, 5.74) is 3.03. The Bertz CT molecular complexity index is 817. The van der Waals surface area contributed by atoms with Crippen LogP contribution in [-0.4, -0.2) is 67.4 Å². The summed E-state index contributed by atoms with van der Waals surface area (Å²) >= 11 is 0. The van der Waals surface area contributed by atoms with Gasteiger partial charge in [-0.25, -0.2) is 0 Å². The van der Waals surface area contributed by atoms with Crippen molar-refractivity contribution in [1.29, 1.82) is 0 Å². The van der Waals surface area contributed by atoms with Crippen LogP contribution in [0.4, 0.5) is 0 Å². The van der Waals surface area contributed by atoms with E-state index < -0.39 is 5.60 Å². The Morgan fingerprint density at radius 3 is 2.19 bits per heavy atom. The SMILES string of the molecule is COc1cccc(-c2ccc(C(CN3CCN(C)CC3)C3(O)CCCCC3)cc2)c1.Cl.Cl. The predicted molar refractivity (Wildman–Crippen MR) is 138 cm³/mol. The van der Waals surface area contributed by atoms with Gasteiger partial charge in [-0.15, -0.1) is 24.8 Å². The molecule has 2 fully saturated rings. The molecule has 0 radical (unpaired) electrons. The Morgan fingerprint density at radius 2 is 1.56 bits per heavy atom. The number of hydrogen-bond donors (Lipinski definition) is 1. The quantitative estimate of drug-likeness (QED) is 0.613. The van der Waals surface area contributed by atoms with Crippen LogP contribution in [0.2, 0.25) is 0 Å². The fourth-order valence-corrected chi connectivity index (χ4v) is 5.10. The molecule has 0 amide bonds. The zero-order valence-electron chi connectivity index (χ0n) is 19.3. The summed E-state index contributed by atoms with van der Waals surface area (Å²) in [5.74, 6) is 1.04. The monoisotopic (exact) mass is 480 g/mol. The van der Waals surface area contributed by atoms with E-state index in [1.54, 1.807) is 7.11 Å². The molecule has 2 aromatic rings. The van der Waals surface area contributed by atoms with Crippen molar-refractivity contribution in [2.75, 3.05) is 46.9 Å². The van der Waals surface area contributed by atoms with E-state index in [0.717, 1.165) is 69.7 Å².